The molecule has 0 aromatic heterocycles. The van der Waals surface area contributed by atoms with Gasteiger partial charge in [0.15, 0.2) is 0 Å². The van der Waals surface area contributed by atoms with E-state index >= 15 is 0 Å². The Labute approximate surface area is 63.1 Å². The molecule has 0 aliphatic rings. The molecular formula is C9H16O. The fourth-order valence-electron chi connectivity index (χ4n) is 0.754. The van der Waals surface area contributed by atoms with Gasteiger partial charge in [0.25, 0.3) is 0 Å². The number of hydrogen-bond donors (Lipinski definition) is 1. The van der Waals surface area contributed by atoms with Gasteiger partial charge in [-0.1, -0.05) is 30.7 Å². The third-order valence-corrected chi connectivity index (χ3v) is 1.41. The van der Waals surface area contributed by atoms with Gasteiger partial charge >= 0.3 is 0 Å². The molecule has 0 heterocycles. The Bertz CT molecular complexity index is 123. The molecule has 0 saturated carbocycles. The monoisotopic (exact) mass is 140 g/mol. The van der Waals surface area contributed by atoms with E-state index in [1.165, 1.54) is 5.57 Å². The van der Waals surface area contributed by atoms with Gasteiger partial charge in [0.1, 0.15) is 0 Å². The molecular weight excluding hydrogens is 124 g/mol. The lowest BCUT2D eigenvalue weighted by atomic mass is 10.1. The number of allylic oxidation sites excluding steroid dienone is 3. The maximum atomic E-state index is 8.60. The van der Waals surface area contributed by atoms with Crippen LogP contribution in [0.25, 0.3) is 0 Å². The second kappa shape index (κ2) is 6.56. The summed E-state index contributed by atoms with van der Waals surface area (Å²) >= 11 is 0. The van der Waals surface area contributed by atoms with Crippen molar-refractivity contribution >= 4 is 0 Å². The topological polar surface area (TPSA) is 20.2 Å². The lowest BCUT2D eigenvalue weighted by Crippen LogP contribution is -1.85. The predicted molar refractivity (Wildman–Crippen MR) is 44.9 cm³/mol. The van der Waals surface area contributed by atoms with Crippen LogP contribution < -0.4 is 0 Å². The summed E-state index contributed by atoms with van der Waals surface area (Å²) in [4.78, 5) is 0. The van der Waals surface area contributed by atoms with Crippen molar-refractivity contribution in [1.82, 2.24) is 0 Å². The fourth-order valence-corrected chi connectivity index (χ4v) is 0.754. The van der Waals surface area contributed by atoms with E-state index in [2.05, 4.69) is 13.0 Å². The number of hydrogen-bond acceptors (Lipinski definition) is 1. The molecule has 1 heteroatoms. The molecule has 10 heavy (non-hydrogen) atoms. The molecule has 0 fully saturated rings. The maximum Gasteiger partial charge on any atom is 0.0468 e. The van der Waals surface area contributed by atoms with Crippen LogP contribution in [0.1, 0.15) is 26.7 Å². The van der Waals surface area contributed by atoms with Crippen LogP contribution in [0.5, 0.6) is 0 Å². The van der Waals surface area contributed by atoms with Crippen LogP contribution in [-0.2, 0) is 0 Å². The molecule has 0 rings (SSSR count). The van der Waals surface area contributed by atoms with Crippen LogP contribution in [0.4, 0.5) is 0 Å². The average Bonchev–Trinajstić information content (AvgIpc) is 1.98. The van der Waals surface area contributed by atoms with Gasteiger partial charge in [0.05, 0.1) is 0 Å². The zero-order valence-electron chi connectivity index (χ0n) is 6.80. The minimum Gasteiger partial charge on any atom is -0.396 e. The van der Waals surface area contributed by atoms with E-state index in [-0.39, 0.29) is 6.61 Å². The van der Waals surface area contributed by atoms with E-state index in [1.54, 1.807) is 0 Å². The Morgan fingerprint density at radius 1 is 1.50 bits per heavy atom. The Kier molecular flexibility index (Phi) is 6.19. The summed E-state index contributed by atoms with van der Waals surface area (Å²) in [6.45, 7) is 4.35. The molecule has 0 amide bonds. The third kappa shape index (κ3) is 4.33. The molecule has 0 atom stereocenters. The highest BCUT2D eigenvalue weighted by Crippen LogP contribution is 2.04. The average molecular weight is 140 g/mol. The van der Waals surface area contributed by atoms with Crippen LogP contribution in [0.3, 0.4) is 0 Å². The second-order valence-electron chi connectivity index (χ2n) is 2.18. The summed E-state index contributed by atoms with van der Waals surface area (Å²) in [7, 11) is 0. The lowest BCUT2D eigenvalue weighted by Gasteiger charge is -1.97. The number of rotatable bonds is 4. The standard InChI is InChI=1S/C9H16O/c1-3-5-6-9(4-2)7-8-10/h3,5-6,10H,4,7-8H2,1-2H3/b5-3-,9-6+. The second-order valence-corrected chi connectivity index (χ2v) is 2.18. The van der Waals surface area contributed by atoms with Gasteiger partial charge < -0.3 is 5.11 Å². The van der Waals surface area contributed by atoms with Crippen LogP contribution in [0.15, 0.2) is 23.8 Å². The van der Waals surface area contributed by atoms with Crippen molar-refractivity contribution in [2.45, 2.75) is 26.7 Å². The molecule has 0 aromatic rings. The van der Waals surface area contributed by atoms with Crippen molar-refractivity contribution in [3.8, 4) is 0 Å². The van der Waals surface area contributed by atoms with Gasteiger partial charge in [-0.25, -0.2) is 0 Å². The zero-order chi connectivity index (χ0) is 7.82. The normalized spacial score (nSPS) is 12.9. The highest BCUT2D eigenvalue weighted by molar-refractivity contribution is 5.11. The molecule has 0 unspecified atom stereocenters. The highest BCUT2D eigenvalue weighted by Gasteiger charge is 1.88. The minimum absolute atomic E-state index is 0.261. The summed E-state index contributed by atoms with van der Waals surface area (Å²) in [6, 6.07) is 0. The Hall–Kier alpha value is -0.560. The van der Waals surface area contributed by atoms with E-state index in [4.69, 9.17) is 5.11 Å². The van der Waals surface area contributed by atoms with Gasteiger partial charge in [-0.3, -0.25) is 0 Å². The Balaban J connectivity index is 3.78. The van der Waals surface area contributed by atoms with Crippen molar-refractivity contribution < 1.29 is 5.11 Å². The first kappa shape index (κ1) is 9.44. The molecule has 0 spiro atoms. The van der Waals surface area contributed by atoms with Crippen molar-refractivity contribution in [3.63, 3.8) is 0 Å². The SMILES string of the molecule is C/C=C\C=C(/CC)CCO. The van der Waals surface area contributed by atoms with Gasteiger partial charge in [-0.05, 0) is 19.8 Å². The predicted octanol–water partition coefficient (Wildman–Crippen LogP) is 2.28. The van der Waals surface area contributed by atoms with Crippen LogP contribution >= 0.6 is 0 Å². The smallest absolute Gasteiger partial charge is 0.0468 e. The highest BCUT2D eigenvalue weighted by atomic mass is 16.2. The molecule has 58 valence electrons. The van der Waals surface area contributed by atoms with E-state index in [1.807, 2.05) is 19.1 Å². The first-order chi connectivity index (χ1) is 4.85. The van der Waals surface area contributed by atoms with Crippen molar-refractivity contribution in [3.05, 3.63) is 23.8 Å². The molecule has 0 aliphatic heterocycles. The largest absolute Gasteiger partial charge is 0.396 e. The van der Waals surface area contributed by atoms with Gasteiger partial charge in [0.2, 0.25) is 0 Å². The van der Waals surface area contributed by atoms with Crippen molar-refractivity contribution in [2.24, 2.45) is 0 Å². The molecule has 1 nitrogen and oxygen atoms in total. The lowest BCUT2D eigenvalue weighted by molar-refractivity contribution is 0.298. The molecule has 0 radical (unpaired) electrons. The minimum atomic E-state index is 0.261. The van der Waals surface area contributed by atoms with Crippen LogP contribution in [-0.4, -0.2) is 11.7 Å². The summed E-state index contributed by atoms with van der Waals surface area (Å²) in [5, 5.41) is 8.60. The maximum absolute atomic E-state index is 8.60. The Morgan fingerprint density at radius 3 is 2.60 bits per heavy atom. The molecule has 0 aliphatic carbocycles. The third-order valence-electron chi connectivity index (χ3n) is 1.41. The fraction of sp³-hybridized carbons (Fsp3) is 0.556. The summed E-state index contributed by atoms with van der Waals surface area (Å²) < 4.78 is 0. The summed E-state index contributed by atoms with van der Waals surface area (Å²) in [5.74, 6) is 0. The van der Waals surface area contributed by atoms with Gasteiger partial charge in [-0.15, -0.1) is 0 Å². The van der Waals surface area contributed by atoms with Crippen LogP contribution in [0, 0.1) is 0 Å². The van der Waals surface area contributed by atoms with E-state index in [0.717, 1.165) is 12.8 Å². The van der Waals surface area contributed by atoms with Crippen molar-refractivity contribution in [1.29, 1.82) is 0 Å². The number of aliphatic hydroxyl groups is 1. The first-order valence-electron chi connectivity index (χ1n) is 3.76. The van der Waals surface area contributed by atoms with Gasteiger partial charge in [-0.2, -0.15) is 0 Å². The van der Waals surface area contributed by atoms with Gasteiger partial charge in [0, 0.05) is 6.61 Å². The Morgan fingerprint density at radius 2 is 2.20 bits per heavy atom. The van der Waals surface area contributed by atoms with E-state index in [0.29, 0.717) is 0 Å². The van der Waals surface area contributed by atoms with E-state index < -0.39 is 0 Å². The number of aliphatic hydroxyl groups excluding tert-OH is 1. The molecule has 1 N–H and O–H groups in total. The van der Waals surface area contributed by atoms with E-state index in [9.17, 15) is 0 Å². The molecule has 0 bridgehead atoms. The van der Waals surface area contributed by atoms with Crippen LogP contribution in [0.2, 0.25) is 0 Å². The molecule has 0 saturated heterocycles. The molecule has 0 aromatic carbocycles. The first-order valence-corrected chi connectivity index (χ1v) is 3.76. The van der Waals surface area contributed by atoms with Crippen molar-refractivity contribution in [2.75, 3.05) is 6.61 Å². The summed E-state index contributed by atoms with van der Waals surface area (Å²) in [5.41, 5.74) is 1.31. The quantitative estimate of drug-likeness (QED) is 0.594. The summed E-state index contributed by atoms with van der Waals surface area (Å²) in [6.07, 6.45) is 7.91. The zero-order valence-corrected chi connectivity index (χ0v) is 6.80.